The minimum Gasteiger partial charge on any atom is -0.465 e. The van der Waals surface area contributed by atoms with Gasteiger partial charge in [0.05, 0.1) is 30.7 Å². The molecule has 0 amide bonds. The fourth-order valence-electron chi connectivity index (χ4n) is 1.18. The smallest absolute Gasteiger partial charge is 0.340 e. The SMILES string of the molecule is COC(=O)c1cccc(C(=O)CC#N)c1F. The number of Topliss-reactive ketones (excluding diaryl/α,β-unsaturated/α-hetero) is 1. The summed E-state index contributed by atoms with van der Waals surface area (Å²) in [4.78, 5) is 22.4. The molecule has 0 fully saturated rings. The van der Waals surface area contributed by atoms with Crippen molar-refractivity contribution in [1.29, 1.82) is 5.26 Å². The molecule has 0 aliphatic carbocycles. The zero-order valence-corrected chi connectivity index (χ0v) is 8.49. The summed E-state index contributed by atoms with van der Waals surface area (Å²) in [6, 6.07) is 5.42. The zero-order valence-electron chi connectivity index (χ0n) is 8.49. The van der Waals surface area contributed by atoms with Crippen LogP contribution in [0.25, 0.3) is 0 Å². The van der Waals surface area contributed by atoms with E-state index >= 15 is 0 Å². The maximum absolute atomic E-state index is 13.7. The maximum Gasteiger partial charge on any atom is 0.340 e. The maximum atomic E-state index is 13.7. The van der Waals surface area contributed by atoms with Crippen LogP contribution in [0.1, 0.15) is 27.1 Å². The van der Waals surface area contributed by atoms with Crippen LogP contribution in [-0.4, -0.2) is 18.9 Å². The first kappa shape index (κ1) is 11.9. The van der Waals surface area contributed by atoms with E-state index in [4.69, 9.17) is 5.26 Å². The summed E-state index contributed by atoms with van der Waals surface area (Å²) in [7, 11) is 1.12. The van der Waals surface area contributed by atoms with Gasteiger partial charge in [-0.25, -0.2) is 9.18 Å². The molecule has 5 heteroatoms. The van der Waals surface area contributed by atoms with Crippen LogP contribution >= 0.6 is 0 Å². The summed E-state index contributed by atoms with van der Waals surface area (Å²) in [5, 5.41) is 8.33. The van der Waals surface area contributed by atoms with Crippen molar-refractivity contribution >= 4 is 11.8 Å². The Hall–Kier alpha value is -2.22. The molecule has 1 aromatic rings. The molecule has 0 spiro atoms. The van der Waals surface area contributed by atoms with Crippen molar-refractivity contribution in [3.63, 3.8) is 0 Å². The number of ether oxygens (including phenoxy) is 1. The Bertz CT molecular complexity index is 477. The Kier molecular flexibility index (Phi) is 3.72. The predicted molar refractivity (Wildman–Crippen MR) is 52.3 cm³/mol. The average Bonchev–Trinajstić information content (AvgIpc) is 2.28. The summed E-state index contributed by atoms with van der Waals surface area (Å²) in [6.45, 7) is 0. The molecule has 0 saturated heterocycles. The molecular weight excluding hydrogens is 213 g/mol. The van der Waals surface area contributed by atoms with Gasteiger partial charge in [-0.2, -0.15) is 5.26 Å². The Labute approximate surface area is 91.3 Å². The van der Waals surface area contributed by atoms with E-state index in [9.17, 15) is 14.0 Å². The Morgan fingerprint density at radius 1 is 1.44 bits per heavy atom. The first-order valence-electron chi connectivity index (χ1n) is 4.38. The van der Waals surface area contributed by atoms with Gasteiger partial charge in [0, 0.05) is 0 Å². The van der Waals surface area contributed by atoms with Gasteiger partial charge in [-0.15, -0.1) is 0 Å². The highest BCUT2D eigenvalue weighted by atomic mass is 19.1. The molecule has 0 aromatic heterocycles. The van der Waals surface area contributed by atoms with Gasteiger partial charge in [0.25, 0.3) is 0 Å². The monoisotopic (exact) mass is 221 g/mol. The summed E-state index contributed by atoms with van der Waals surface area (Å²) in [5.41, 5.74) is -0.587. The number of rotatable bonds is 3. The minimum atomic E-state index is -0.949. The third-order valence-corrected chi connectivity index (χ3v) is 1.94. The van der Waals surface area contributed by atoms with Gasteiger partial charge in [0.15, 0.2) is 5.78 Å². The number of halogens is 1. The number of carbonyl (C=O) groups excluding carboxylic acids is 2. The van der Waals surface area contributed by atoms with Gasteiger partial charge < -0.3 is 4.74 Å². The van der Waals surface area contributed by atoms with E-state index in [0.717, 1.165) is 7.11 Å². The molecule has 16 heavy (non-hydrogen) atoms. The van der Waals surface area contributed by atoms with E-state index in [0.29, 0.717) is 0 Å². The van der Waals surface area contributed by atoms with Crippen molar-refractivity contribution in [2.45, 2.75) is 6.42 Å². The molecule has 0 unspecified atom stereocenters. The number of hydrogen-bond acceptors (Lipinski definition) is 4. The number of ketones is 1. The van der Waals surface area contributed by atoms with Gasteiger partial charge in [-0.05, 0) is 12.1 Å². The van der Waals surface area contributed by atoms with Gasteiger partial charge >= 0.3 is 5.97 Å². The van der Waals surface area contributed by atoms with Gasteiger partial charge in [0.1, 0.15) is 5.82 Å². The Balaban J connectivity index is 3.19. The van der Waals surface area contributed by atoms with Crippen LogP contribution in [0.5, 0.6) is 0 Å². The quantitative estimate of drug-likeness (QED) is 0.575. The van der Waals surface area contributed by atoms with Gasteiger partial charge in [-0.1, -0.05) is 6.07 Å². The molecule has 82 valence electrons. The number of hydrogen-bond donors (Lipinski definition) is 0. The Morgan fingerprint density at radius 3 is 2.62 bits per heavy atom. The molecule has 1 aromatic carbocycles. The minimum absolute atomic E-state index is 0.274. The lowest BCUT2D eigenvalue weighted by molar-refractivity contribution is 0.0595. The van der Waals surface area contributed by atoms with E-state index in [1.165, 1.54) is 18.2 Å². The van der Waals surface area contributed by atoms with Crippen molar-refractivity contribution in [3.8, 4) is 6.07 Å². The van der Waals surface area contributed by atoms with E-state index in [1.54, 1.807) is 6.07 Å². The summed E-state index contributed by atoms with van der Waals surface area (Å²) < 4.78 is 18.0. The highest BCUT2D eigenvalue weighted by Gasteiger charge is 2.18. The second-order valence-corrected chi connectivity index (χ2v) is 2.92. The first-order valence-corrected chi connectivity index (χ1v) is 4.38. The van der Waals surface area contributed by atoms with Crippen molar-refractivity contribution in [1.82, 2.24) is 0 Å². The van der Waals surface area contributed by atoms with E-state index in [-0.39, 0.29) is 11.1 Å². The molecule has 0 atom stereocenters. The fraction of sp³-hybridized carbons (Fsp3) is 0.182. The largest absolute Gasteiger partial charge is 0.465 e. The fourth-order valence-corrected chi connectivity index (χ4v) is 1.18. The van der Waals surface area contributed by atoms with Gasteiger partial charge in [-0.3, -0.25) is 4.79 Å². The van der Waals surface area contributed by atoms with Crippen LogP contribution in [0.2, 0.25) is 0 Å². The number of esters is 1. The molecule has 0 radical (unpaired) electrons. The number of benzene rings is 1. The molecule has 0 heterocycles. The topological polar surface area (TPSA) is 67.2 Å². The summed E-state index contributed by atoms with van der Waals surface area (Å²) in [6.07, 6.45) is -0.429. The third-order valence-electron chi connectivity index (χ3n) is 1.94. The lowest BCUT2D eigenvalue weighted by Crippen LogP contribution is -2.09. The first-order chi connectivity index (χ1) is 7.61. The highest BCUT2D eigenvalue weighted by Crippen LogP contribution is 2.15. The molecule has 0 aliphatic heterocycles. The summed E-state index contributed by atoms with van der Waals surface area (Å²) >= 11 is 0. The second-order valence-electron chi connectivity index (χ2n) is 2.92. The number of carbonyl (C=O) groups is 2. The van der Waals surface area contributed by atoms with E-state index in [1.807, 2.05) is 0 Å². The zero-order chi connectivity index (χ0) is 12.1. The highest BCUT2D eigenvalue weighted by molar-refractivity contribution is 6.00. The van der Waals surface area contributed by atoms with Crippen LogP contribution in [0, 0.1) is 17.1 Å². The molecule has 0 N–H and O–H groups in total. The average molecular weight is 221 g/mol. The van der Waals surface area contributed by atoms with Crippen LogP contribution in [-0.2, 0) is 4.74 Å². The predicted octanol–water partition coefficient (Wildman–Crippen LogP) is 1.71. The molecule has 0 aliphatic rings. The number of nitriles is 1. The second kappa shape index (κ2) is 5.03. The summed E-state index contributed by atoms with van der Waals surface area (Å²) in [5.74, 6) is -2.47. The molecule has 0 saturated carbocycles. The van der Waals surface area contributed by atoms with Crippen LogP contribution in [0.15, 0.2) is 18.2 Å². The third kappa shape index (κ3) is 2.23. The number of methoxy groups -OCH3 is 1. The molecule has 1 rings (SSSR count). The van der Waals surface area contributed by atoms with Gasteiger partial charge in [0.2, 0.25) is 0 Å². The van der Waals surface area contributed by atoms with E-state index < -0.39 is 24.0 Å². The number of nitrogens with zero attached hydrogens (tertiary/aromatic N) is 1. The van der Waals surface area contributed by atoms with Crippen molar-refractivity contribution in [2.24, 2.45) is 0 Å². The molecule has 0 bridgehead atoms. The van der Waals surface area contributed by atoms with Crippen LogP contribution in [0.4, 0.5) is 4.39 Å². The van der Waals surface area contributed by atoms with Crippen molar-refractivity contribution in [3.05, 3.63) is 35.1 Å². The van der Waals surface area contributed by atoms with Crippen molar-refractivity contribution < 1.29 is 18.7 Å². The molecule has 4 nitrogen and oxygen atoms in total. The lowest BCUT2D eigenvalue weighted by Gasteiger charge is -2.04. The lowest BCUT2D eigenvalue weighted by atomic mass is 10.0. The van der Waals surface area contributed by atoms with E-state index in [2.05, 4.69) is 4.74 Å². The normalized spacial score (nSPS) is 9.31. The molecular formula is C11H8FNO3. The van der Waals surface area contributed by atoms with Crippen LogP contribution in [0.3, 0.4) is 0 Å². The Morgan fingerprint density at radius 2 is 2.06 bits per heavy atom. The van der Waals surface area contributed by atoms with Crippen LogP contribution < -0.4 is 0 Å². The standard InChI is InChI=1S/C11H8FNO3/c1-16-11(15)8-4-2-3-7(10(8)12)9(14)5-6-13/h2-4H,5H2,1H3. The van der Waals surface area contributed by atoms with Crippen molar-refractivity contribution in [2.75, 3.05) is 7.11 Å².